The molecule has 0 aliphatic carbocycles. The van der Waals surface area contributed by atoms with Gasteiger partial charge in [-0.1, -0.05) is 18.2 Å². The Morgan fingerprint density at radius 1 is 1.08 bits per heavy atom. The summed E-state index contributed by atoms with van der Waals surface area (Å²) in [4.78, 5) is 11.1. The van der Waals surface area contributed by atoms with Crippen LogP contribution >= 0.6 is 0 Å². The zero-order chi connectivity index (χ0) is 18.0. The van der Waals surface area contributed by atoms with E-state index in [1.807, 2.05) is 61.2 Å². The fourth-order valence-electron chi connectivity index (χ4n) is 2.92. The summed E-state index contributed by atoms with van der Waals surface area (Å²) in [5.74, 6) is 1.93. The Bertz CT molecular complexity index is 829. The highest BCUT2D eigenvalue weighted by molar-refractivity contribution is 6.11. The van der Waals surface area contributed by atoms with Crippen LogP contribution in [0.5, 0.6) is 5.75 Å². The molecule has 0 saturated carbocycles. The number of aryl methyl sites for hydroxylation is 1. The average molecular weight is 338 g/mol. The highest BCUT2D eigenvalue weighted by atomic mass is 16.5. The number of ether oxygens (including phenoxy) is 2. The van der Waals surface area contributed by atoms with Crippen molar-refractivity contribution in [3.05, 3.63) is 65.8 Å². The van der Waals surface area contributed by atoms with Crippen LogP contribution in [0.3, 0.4) is 0 Å². The first-order chi connectivity index (χ1) is 12.0. The minimum atomic E-state index is -0.911. The lowest BCUT2D eigenvalue weighted by Gasteiger charge is -2.42. The van der Waals surface area contributed by atoms with Gasteiger partial charge in [0.1, 0.15) is 11.4 Å². The van der Waals surface area contributed by atoms with E-state index in [2.05, 4.69) is 9.98 Å². The molecule has 0 fully saturated rings. The van der Waals surface area contributed by atoms with Gasteiger partial charge in [0.2, 0.25) is 0 Å². The van der Waals surface area contributed by atoms with E-state index in [9.17, 15) is 0 Å². The Kier molecular flexibility index (Phi) is 4.46. The molecule has 1 aliphatic rings. The van der Waals surface area contributed by atoms with Gasteiger partial charge in [-0.05, 0) is 26.0 Å². The Morgan fingerprint density at radius 3 is 2.44 bits per heavy atom. The molecule has 0 bridgehead atoms. The molecular formula is C19H22N4O2. The summed E-state index contributed by atoms with van der Waals surface area (Å²) in [6.45, 7) is 3.80. The van der Waals surface area contributed by atoms with E-state index >= 15 is 0 Å². The number of aromatic nitrogens is 1. The quantitative estimate of drug-likeness (QED) is 0.928. The van der Waals surface area contributed by atoms with Gasteiger partial charge in [-0.15, -0.1) is 0 Å². The van der Waals surface area contributed by atoms with Crippen LogP contribution in [-0.4, -0.2) is 30.7 Å². The molecule has 2 N–H and O–H groups in total. The van der Waals surface area contributed by atoms with Crippen molar-refractivity contribution in [2.75, 3.05) is 19.1 Å². The standard InChI is InChI=1S/C19H22N4O2/c1-13-10-15(24-3)11-16(22-13)18-21-12-17(25-4)19(2,20)23(18)14-8-6-5-7-9-14/h5-12H,20H2,1-4H3. The van der Waals surface area contributed by atoms with Crippen molar-refractivity contribution in [3.63, 3.8) is 0 Å². The van der Waals surface area contributed by atoms with E-state index in [0.717, 1.165) is 17.1 Å². The second-order valence-electron chi connectivity index (χ2n) is 6.00. The van der Waals surface area contributed by atoms with Gasteiger partial charge < -0.3 is 15.2 Å². The Labute approximate surface area is 147 Å². The first-order valence-corrected chi connectivity index (χ1v) is 7.97. The van der Waals surface area contributed by atoms with E-state index in [0.29, 0.717) is 17.3 Å². The minimum absolute atomic E-state index is 0.569. The zero-order valence-electron chi connectivity index (χ0n) is 14.9. The molecule has 0 spiro atoms. The van der Waals surface area contributed by atoms with Gasteiger partial charge in [0, 0.05) is 23.5 Å². The maximum Gasteiger partial charge on any atom is 0.161 e. The summed E-state index contributed by atoms with van der Waals surface area (Å²) >= 11 is 0. The third-order valence-electron chi connectivity index (χ3n) is 4.11. The fourth-order valence-corrected chi connectivity index (χ4v) is 2.92. The molecular weight excluding hydrogens is 316 g/mol. The highest BCUT2D eigenvalue weighted by Crippen LogP contribution is 2.32. The number of hydrogen-bond acceptors (Lipinski definition) is 6. The molecule has 130 valence electrons. The topological polar surface area (TPSA) is 73.0 Å². The summed E-state index contributed by atoms with van der Waals surface area (Å²) in [6.07, 6.45) is 1.64. The number of nitrogens with zero attached hydrogens (tertiary/aromatic N) is 3. The number of benzene rings is 1. The molecule has 3 rings (SSSR count). The summed E-state index contributed by atoms with van der Waals surface area (Å²) in [6, 6.07) is 13.6. The fraction of sp³-hybridized carbons (Fsp3) is 0.263. The molecule has 1 atom stereocenters. The van der Waals surface area contributed by atoms with Gasteiger partial charge in [-0.25, -0.2) is 9.98 Å². The van der Waals surface area contributed by atoms with Crippen molar-refractivity contribution in [1.82, 2.24) is 4.98 Å². The van der Waals surface area contributed by atoms with E-state index < -0.39 is 5.66 Å². The zero-order valence-corrected chi connectivity index (χ0v) is 14.9. The van der Waals surface area contributed by atoms with Crippen molar-refractivity contribution in [2.45, 2.75) is 19.5 Å². The molecule has 2 heterocycles. The second kappa shape index (κ2) is 6.57. The third-order valence-corrected chi connectivity index (χ3v) is 4.11. The molecule has 1 aliphatic heterocycles. The van der Waals surface area contributed by atoms with E-state index in [4.69, 9.17) is 15.2 Å². The SMILES string of the molecule is COC1=CN=C(c2cc(OC)cc(C)n2)N(c2ccccc2)C1(C)N. The van der Waals surface area contributed by atoms with Crippen LogP contribution in [0.25, 0.3) is 0 Å². The van der Waals surface area contributed by atoms with Gasteiger partial charge in [-0.2, -0.15) is 0 Å². The van der Waals surface area contributed by atoms with Crippen LogP contribution in [0.2, 0.25) is 0 Å². The number of methoxy groups -OCH3 is 2. The van der Waals surface area contributed by atoms with Crippen molar-refractivity contribution in [3.8, 4) is 5.75 Å². The maximum atomic E-state index is 6.64. The van der Waals surface area contributed by atoms with Crippen molar-refractivity contribution >= 4 is 11.5 Å². The van der Waals surface area contributed by atoms with Crippen LogP contribution in [-0.2, 0) is 4.74 Å². The molecule has 1 aromatic carbocycles. The van der Waals surface area contributed by atoms with Crippen LogP contribution in [0.15, 0.2) is 59.4 Å². The predicted molar refractivity (Wildman–Crippen MR) is 98.7 cm³/mol. The number of hydrogen-bond donors (Lipinski definition) is 1. The van der Waals surface area contributed by atoms with Gasteiger partial charge >= 0.3 is 0 Å². The molecule has 6 nitrogen and oxygen atoms in total. The Morgan fingerprint density at radius 2 is 1.80 bits per heavy atom. The van der Waals surface area contributed by atoms with Crippen molar-refractivity contribution in [1.29, 1.82) is 0 Å². The number of anilines is 1. The van der Waals surface area contributed by atoms with E-state index in [1.165, 1.54) is 0 Å². The number of pyridine rings is 1. The summed E-state index contributed by atoms with van der Waals surface area (Å²) < 4.78 is 10.8. The maximum absolute atomic E-state index is 6.64. The second-order valence-corrected chi connectivity index (χ2v) is 6.00. The third kappa shape index (κ3) is 3.08. The van der Waals surface area contributed by atoms with E-state index in [1.54, 1.807) is 20.4 Å². The molecule has 0 radical (unpaired) electrons. The smallest absolute Gasteiger partial charge is 0.161 e. The van der Waals surface area contributed by atoms with Crippen molar-refractivity contribution < 1.29 is 9.47 Å². The van der Waals surface area contributed by atoms with Crippen LogP contribution in [0, 0.1) is 6.92 Å². The van der Waals surface area contributed by atoms with Gasteiger partial charge in [0.25, 0.3) is 0 Å². The lowest BCUT2D eigenvalue weighted by atomic mass is 10.0. The summed E-state index contributed by atoms with van der Waals surface area (Å²) in [7, 11) is 3.22. The molecule has 0 saturated heterocycles. The largest absolute Gasteiger partial charge is 0.497 e. The number of aliphatic imine (C=N–C) groups is 1. The minimum Gasteiger partial charge on any atom is -0.497 e. The molecule has 0 amide bonds. The normalized spacial score (nSPS) is 20.0. The van der Waals surface area contributed by atoms with Crippen LogP contribution < -0.4 is 15.4 Å². The molecule has 2 aromatic rings. The molecule has 1 aromatic heterocycles. The van der Waals surface area contributed by atoms with Gasteiger partial charge in [-0.3, -0.25) is 4.90 Å². The lowest BCUT2D eigenvalue weighted by Crippen LogP contribution is -2.60. The van der Waals surface area contributed by atoms with Crippen LogP contribution in [0.4, 0.5) is 5.69 Å². The van der Waals surface area contributed by atoms with Crippen molar-refractivity contribution in [2.24, 2.45) is 10.7 Å². The lowest BCUT2D eigenvalue weighted by molar-refractivity contribution is 0.228. The first kappa shape index (κ1) is 17.0. The van der Waals surface area contributed by atoms with E-state index in [-0.39, 0.29) is 0 Å². The molecule has 1 unspecified atom stereocenters. The Hall–Kier alpha value is -2.86. The number of nitrogens with two attached hydrogens (primary N) is 1. The predicted octanol–water partition coefficient (Wildman–Crippen LogP) is 2.83. The van der Waals surface area contributed by atoms with Crippen LogP contribution in [0.1, 0.15) is 18.3 Å². The number of rotatable bonds is 4. The average Bonchev–Trinajstić information content (AvgIpc) is 2.60. The Balaban J connectivity index is 2.20. The van der Waals surface area contributed by atoms with Gasteiger partial charge in [0.05, 0.1) is 20.4 Å². The number of para-hydroxylation sites is 1. The first-order valence-electron chi connectivity index (χ1n) is 7.97. The summed E-state index contributed by atoms with van der Waals surface area (Å²) in [5.41, 5.74) is 8.15. The van der Waals surface area contributed by atoms with Gasteiger partial charge in [0.15, 0.2) is 17.3 Å². The molecule has 25 heavy (non-hydrogen) atoms. The number of amidine groups is 1. The summed E-state index contributed by atoms with van der Waals surface area (Å²) in [5, 5.41) is 0. The highest BCUT2D eigenvalue weighted by Gasteiger charge is 2.40. The monoisotopic (exact) mass is 338 g/mol. The molecule has 6 heteroatoms.